The number of methoxy groups -OCH3 is 1. The Morgan fingerprint density at radius 3 is 2.61 bits per heavy atom. The van der Waals surface area contributed by atoms with E-state index in [4.69, 9.17) is 4.74 Å². The smallest absolute Gasteiger partial charge is 0.234 e. The molecule has 0 bridgehead atoms. The molecule has 0 atom stereocenters. The first-order valence-corrected chi connectivity index (χ1v) is 13.6. The second kappa shape index (κ2) is 11.0. The van der Waals surface area contributed by atoms with Crippen molar-refractivity contribution in [3.8, 4) is 11.5 Å². The highest BCUT2D eigenvalue weighted by Gasteiger charge is 2.09. The highest BCUT2D eigenvalue weighted by atomic mass is 127. The second-order valence-electron chi connectivity index (χ2n) is 6.79. The molecule has 10 heteroatoms. The molecule has 0 saturated heterocycles. The number of nitrogens with one attached hydrogen (secondary N) is 1. The molecular weight excluding hydrogens is 684 g/mol. The fourth-order valence-electron chi connectivity index (χ4n) is 2.84. The molecule has 0 radical (unpaired) electrons. The Hall–Kier alpha value is -1.90. The number of benzene rings is 3. The third kappa shape index (κ3) is 6.37. The first kappa shape index (κ1) is 24.2. The van der Waals surface area contributed by atoms with Crippen LogP contribution in [0, 0.1) is 7.14 Å². The van der Waals surface area contributed by atoms with E-state index in [-0.39, 0.29) is 11.7 Å². The number of phenols is 1. The average molecular weight is 701 g/mol. The maximum absolute atomic E-state index is 12.3. The maximum Gasteiger partial charge on any atom is 0.234 e. The molecular formula is C23H17I2N3O3S2. The minimum atomic E-state index is -0.0899. The van der Waals surface area contributed by atoms with E-state index in [0.29, 0.717) is 5.75 Å². The number of hydrogen-bond acceptors (Lipinski definition) is 7. The van der Waals surface area contributed by atoms with Crippen molar-refractivity contribution in [2.75, 3.05) is 18.2 Å². The molecule has 0 aliphatic carbocycles. The Morgan fingerprint density at radius 2 is 1.91 bits per heavy atom. The van der Waals surface area contributed by atoms with E-state index in [2.05, 4.69) is 60.5 Å². The number of aromatic nitrogens is 1. The molecule has 4 rings (SSSR count). The summed E-state index contributed by atoms with van der Waals surface area (Å²) in [4.78, 5) is 21.5. The van der Waals surface area contributed by atoms with Gasteiger partial charge in [0.1, 0.15) is 11.5 Å². The number of rotatable bonds is 7. The average Bonchev–Trinajstić information content (AvgIpc) is 3.22. The van der Waals surface area contributed by atoms with Crippen molar-refractivity contribution in [1.29, 1.82) is 0 Å². The number of ether oxygens (including phenoxy) is 1. The van der Waals surface area contributed by atoms with Gasteiger partial charge in [-0.2, -0.15) is 0 Å². The number of thiazole rings is 1. The predicted molar refractivity (Wildman–Crippen MR) is 153 cm³/mol. The zero-order chi connectivity index (χ0) is 23.4. The summed E-state index contributed by atoms with van der Waals surface area (Å²) in [6.45, 7) is 0. The van der Waals surface area contributed by atoms with Gasteiger partial charge < -0.3 is 15.2 Å². The highest BCUT2D eigenvalue weighted by Crippen LogP contribution is 2.32. The number of fused-ring (bicyclic) bond motifs is 1. The summed E-state index contributed by atoms with van der Waals surface area (Å²) < 4.78 is 8.55. The molecule has 3 aromatic carbocycles. The fourth-order valence-corrected chi connectivity index (χ4v) is 6.56. The normalized spacial score (nSPS) is 11.2. The number of aliphatic imine (C=N–C) groups is 1. The number of amides is 1. The fraction of sp³-hybridized carbons (Fsp3) is 0.0870. The van der Waals surface area contributed by atoms with Crippen LogP contribution in [-0.2, 0) is 4.79 Å². The van der Waals surface area contributed by atoms with Gasteiger partial charge in [-0.1, -0.05) is 11.8 Å². The molecule has 0 aliphatic rings. The van der Waals surface area contributed by atoms with E-state index in [1.165, 1.54) is 23.1 Å². The minimum absolute atomic E-state index is 0.0899. The Kier molecular flexibility index (Phi) is 8.09. The van der Waals surface area contributed by atoms with Crippen LogP contribution in [0.25, 0.3) is 10.2 Å². The Labute approximate surface area is 226 Å². The van der Waals surface area contributed by atoms with Crippen molar-refractivity contribution in [2.45, 2.75) is 4.34 Å². The number of thioether (sulfide) groups is 1. The molecule has 2 N–H and O–H groups in total. The first-order chi connectivity index (χ1) is 15.9. The van der Waals surface area contributed by atoms with Gasteiger partial charge in [0.05, 0.1) is 35.9 Å². The van der Waals surface area contributed by atoms with Crippen LogP contribution in [-0.4, -0.2) is 35.1 Å². The SMILES string of the molecule is COc1ccc(NC(=O)CSc2nc3ccc(N=Cc4cc(I)c(O)c(I)c4)cc3s2)cc1. The van der Waals surface area contributed by atoms with Crippen LogP contribution in [0.5, 0.6) is 11.5 Å². The summed E-state index contributed by atoms with van der Waals surface area (Å²) in [5.74, 6) is 1.22. The molecule has 0 fully saturated rings. The highest BCUT2D eigenvalue weighted by molar-refractivity contribution is 14.1. The third-order valence-corrected chi connectivity index (χ3v) is 8.26. The van der Waals surface area contributed by atoms with Crippen molar-refractivity contribution >= 4 is 102 Å². The van der Waals surface area contributed by atoms with Crippen molar-refractivity contribution in [3.63, 3.8) is 0 Å². The van der Waals surface area contributed by atoms with Crippen molar-refractivity contribution < 1.29 is 14.6 Å². The summed E-state index contributed by atoms with van der Waals surface area (Å²) in [5.41, 5.74) is 3.35. The lowest BCUT2D eigenvalue weighted by molar-refractivity contribution is -0.113. The molecule has 0 spiro atoms. The Balaban J connectivity index is 1.39. The van der Waals surface area contributed by atoms with Crippen LogP contribution < -0.4 is 10.1 Å². The quantitative estimate of drug-likeness (QED) is 0.127. The number of halogens is 2. The van der Waals surface area contributed by atoms with E-state index in [9.17, 15) is 9.90 Å². The summed E-state index contributed by atoms with van der Waals surface area (Å²) in [6.07, 6.45) is 1.78. The summed E-state index contributed by atoms with van der Waals surface area (Å²) in [5, 5.41) is 12.8. The van der Waals surface area contributed by atoms with Gasteiger partial charge in [0.15, 0.2) is 4.34 Å². The van der Waals surface area contributed by atoms with Crippen LogP contribution in [0.4, 0.5) is 11.4 Å². The monoisotopic (exact) mass is 701 g/mol. The van der Waals surface area contributed by atoms with Gasteiger partial charge in [0.25, 0.3) is 0 Å². The molecule has 168 valence electrons. The predicted octanol–water partition coefficient (Wildman–Crippen LogP) is 6.70. The zero-order valence-electron chi connectivity index (χ0n) is 17.2. The van der Waals surface area contributed by atoms with E-state index in [1.54, 1.807) is 37.6 Å². The van der Waals surface area contributed by atoms with Crippen LogP contribution in [0.2, 0.25) is 0 Å². The van der Waals surface area contributed by atoms with Gasteiger partial charge in [-0.05, 0) is 105 Å². The van der Waals surface area contributed by atoms with Gasteiger partial charge >= 0.3 is 0 Å². The van der Waals surface area contributed by atoms with Crippen LogP contribution in [0.3, 0.4) is 0 Å². The summed E-state index contributed by atoms with van der Waals surface area (Å²) >= 11 is 7.16. The van der Waals surface area contributed by atoms with Crippen molar-refractivity contribution in [2.24, 2.45) is 4.99 Å². The molecule has 1 amide bonds. The molecule has 0 saturated carbocycles. The molecule has 4 aromatic rings. The van der Waals surface area contributed by atoms with Gasteiger partial charge in [0.2, 0.25) is 5.91 Å². The summed E-state index contributed by atoms with van der Waals surface area (Å²) in [7, 11) is 1.61. The topological polar surface area (TPSA) is 83.8 Å². The van der Waals surface area contributed by atoms with E-state index >= 15 is 0 Å². The van der Waals surface area contributed by atoms with Gasteiger partial charge in [0, 0.05) is 11.9 Å². The van der Waals surface area contributed by atoms with E-state index in [0.717, 1.165) is 44.4 Å². The van der Waals surface area contributed by atoms with Crippen LogP contribution >= 0.6 is 68.3 Å². The molecule has 6 nitrogen and oxygen atoms in total. The minimum Gasteiger partial charge on any atom is -0.506 e. The molecule has 1 aromatic heterocycles. The Morgan fingerprint density at radius 1 is 1.18 bits per heavy atom. The number of carbonyl (C=O) groups is 1. The van der Waals surface area contributed by atoms with Crippen molar-refractivity contribution in [3.05, 3.63) is 67.3 Å². The largest absolute Gasteiger partial charge is 0.506 e. The number of aromatic hydroxyl groups is 1. The molecule has 0 unspecified atom stereocenters. The second-order valence-corrected chi connectivity index (χ2v) is 11.4. The maximum atomic E-state index is 12.3. The van der Waals surface area contributed by atoms with E-state index in [1.807, 2.05) is 30.3 Å². The molecule has 33 heavy (non-hydrogen) atoms. The van der Waals surface area contributed by atoms with E-state index < -0.39 is 0 Å². The lowest BCUT2D eigenvalue weighted by Gasteiger charge is -2.05. The molecule has 1 heterocycles. The number of anilines is 1. The standard InChI is InChI=1S/C23H17I2N3O3S2/c1-31-16-5-2-14(3-6-16)27-21(29)12-32-23-28-19-7-4-15(10-20(19)33-23)26-11-13-8-17(24)22(30)18(25)9-13/h2-11,30H,12H2,1H3,(H,27,29). The number of nitrogens with zero attached hydrogens (tertiary/aromatic N) is 2. The van der Waals surface area contributed by atoms with Crippen molar-refractivity contribution in [1.82, 2.24) is 4.98 Å². The molecule has 0 aliphatic heterocycles. The zero-order valence-corrected chi connectivity index (χ0v) is 23.2. The van der Waals surface area contributed by atoms with Crippen LogP contribution in [0.15, 0.2) is 63.9 Å². The van der Waals surface area contributed by atoms with Gasteiger partial charge in [-0.25, -0.2) is 4.98 Å². The van der Waals surface area contributed by atoms with Crippen LogP contribution in [0.1, 0.15) is 5.56 Å². The lowest BCUT2D eigenvalue weighted by Crippen LogP contribution is -2.13. The number of phenolic OH excluding ortho intramolecular Hbond substituents is 1. The summed E-state index contributed by atoms with van der Waals surface area (Å²) in [6, 6.07) is 16.8. The van der Waals surface area contributed by atoms with Gasteiger partial charge in [-0.15, -0.1) is 11.3 Å². The Bertz CT molecular complexity index is 1320. The lowest BCUT2D eigenvalue weighted by atomic mass is 10.2. The first-order valence-electron chi connectivity index (χ1n) is 9.60. The number of hydrogen-bond donors (Lipinski definition) is 2. The number of carbonyl (C=O) groups excluding carboxylic acids is 1. The van der Waals surface area contributed by atoms with Gasteiger partial charge in [-0.3, -0.25) is 9.79 Å². The third-order valence-electron chi connectivity index (χ3n) is 4.45.